The third kappa shape index (κ3) is 4.02. The van der Waals surface area contributed by atoms with Crippen LogP contribution >= 0.6 is 12.2 Å². The van der Waals surface area contributed by atoms with Crippen LogP contribution in [0.25, 0.3) is 10.9 Å². The largest absolute Gasteiger partial charge is 0.376 e. The molecule has 5 nitrogen and oxygen atoms in total. The standard InChI is InChI=1S/C19H25N3O2S/c1-12-7-13(2)16-9-14(18(23)21-17(16)8-12)10-22(19(25)20-3)11-15-5-4-6-24-15/h7-9,15H,4-6,10-11H2,1-3H3,(H,20,25)(H,21,23)/t15-/m0/s1. The zero-order valence-corrected chi connectivity index (χ0v) is 15.8. The summed E-state index contributed by atoms with van der Waals surface area (Å²) >= 11 is 5.44. The van der Waals surface area contributed by atoms with E-state index in [1.807, 2.05) is 31.0 Å². The topological polar surface area (TPSA) is 57.4 Å². The molecule has 0 aliphatic carbocycles. The van der Waals surface area contributed by atoms with Crippen molar-refractivity contribution in [1.82, 2.24) is 15.2 Å². The highest BCUT2D eigenvalue weighted by molar-refractivity contribution is 7.80. The SMILES string of the molecule is CNC(=S)N(Cc1cc2c(C)cc(C)cc2[nH]c1=O)C[C@@H]1CCCO1. The second kappa shape index (κ2) is 7.54. The molecule has 6 heteroatoms. The van der Waals surface area contributed by atoms with Gasteiger partial charge in [0.1, 0.15) is 0 Å². The molecule has 3 rings (SSSR count). The van der Waals surface area contributed by atoms with Gasteiger partial charge in [0, 0.05) is 36.7 Å². The lowest BCUT2D eigenvalue weighted by Gasteiger charge is -2.27. The van der Waals surface area contributed by atoms with Crippen molar-refractivity contribution >= 4 is 28.2 Å². The van der Waals surface area contributed by atoms with Crippen molar-refractivity contribution in [3.05, 3.63) is 45.2 Å². The fourth-order valence-electron chi connectivity index (χ4n) is 3.45. The number of hydrogen-bond acceptors (Lipinski definition) is 3. The van der Waals surface area contributed by atoms with Crippen molar-refractivity contribution in [2.24, 2.45) is 0 Å². The molecule has 1 aromatic heterocycles. The Bertz CT molecular complexity index is 840. The zero-order chi connectivity index (χ0) is 18.0. The summed E-state index contributed by atoms with van der Waals surface area (Å²) in [5.74, 6) is 0. The van der Waals surface area contributed by atoms with Crippen LogP contribution in [0, 0.1) is 13.8 Å². The van der Waals surface area contributed by atoms with Crippen LogP contribution in [0.1, 0.15) is 29.5 Å². The number of aryl methyl sites for hydroxylation is 2. The summed E-state index contributed by atoms with van der Waals surface area (Å²) in [5, 5.41) is 4.74. The fraction of sp³-hybridized carbons (Fsp3) is 0.474. The van der Waals surface area contributed by atoms with E-state index in [2.05, 4.69) is 23.3 Å². The molecule has 25 heavy (non-hydrogen) atoms. The minimum atomic E-state index is -0.0613. The van der Waals surface area contributed by atoms with Crippen molar-refractivity contribution in [2.45, 2.75) is 39.3 Å². The van der Waals surface area contributed by atoms with Gasteiger partial charge in [0.25, 0.3) is 5.56 Å². The summed E-state index contributed by atoms with van der Waals surface area (Å²) in [6.45, 7) is 6.08. The van der Waals surface area contributed by atoms with E-state index in [1.54, 1.807) is 0 Å². The van der Waals surface area contributed by atoms with Crippen molar-refractivity contribution in [3.8, 4) is 0 Å². The quantitative estimate of drug-likeness (QED) is 0.822. The summed E-state index contributed by atoms with van der Waals surface area (Å²) in [5.41, 5.74) is 3.84. The summed E-state index contributed by atoms with van der Waals surface area (Å²) in [4.78, 5) is 17.6. The lowest BCUT2D eigenvalue weighted by molar-refractivity contribution is 0.0898. The summed E-state index contributed by atoms with van der Waals surface area (Å²) < 4.78 is 5.73. The van der Waals surface area contributed by atoms with E-state index in [-0.39, 0.29) is 11.7 Å². The fourth-order valence-corrected chi connectivity index (χ4v) is 3.59. The van der Waals surface area contributed by atoms with Gasteiger partial charge in [-0.25, -0.2) is 0 Å². The van der Waals surface area contributed by atoms with Gasteiger partial charge in [0.2, 0.25) is 0 Å². The Hall–Kier alpha value is -1.92. The molecule has 1 aromatic carbocycles. The first-order chi connectivity index (χ1) is 12.0. The molecule has 0 amide bonds. The number of nitrogens with one attached hydrogen (secondary N) is 2. The smallest absolute Gasteiger partial charge is 0.253 e. The van der Waals surface area contributed by atoms with E-state index in [1.165, 1.54) is 0 Å². The second-order valence-corrected chi connectivity index (χ2v) is 7.12. The average Bonchev–Trinajstić information content (AvgIpc) is 3.07. The minimum absolute atomic E-state index is 0.0613. The molecular formula is C19H25N3O2S. The van der Waals surface area contributed by atoms with Crippen molar-refractivity contribution in [1.29, 1.82) is 0 Å². The lowest BCUT2D eigenvalue weighted by Crippen LogP contribution is -2.42. The van der Waals surface area contributed by atoms with Gasteiger partial charge in [-0.15, -0.1) is 0 Å². The van der Waals surface area contributed by atoms with Crippen LogP contribution in [0.2, 0.25) is 0 Å². The molecule has 1 aliphatic heterocycles. The van der Waals surface area contributed by atoms with Gasteiger partial charge in [-0.05, 0) is 62.2 Å². The number of rotatable bonds is 4. The van der Waals surface area contributed by atoms with E-state index in [0.29, 0.717) is 18.2 Å². The summed E-state index contributed by atoms with van der Waals surface area (Å²) in [6, 6.07) is 6.13. The molecule has 0 unspecified atom stereocenters. The molecule has 0 saturated carbocycles. The molecule has 0 radical (unpaired) electrons. The lowest BCUT2D eigenvalue weighted by atomic mass is 10.0. The predicted molar refractivity (Wildman–Crippen MR) is 105 cm³/mol. The van der Waals surface area contributed by atoms with Gasteiger partial charge in [-0.1, -0.05) is 6.07 Å². The van der Waals surface area contributed by atoms with Crippen molar-refractivity contribution in [3.63, 3.8) is 0 Å². The number of nitrogens with zero attached hydrogens (tertiary/aromatic N) is 1. The number of ether oxygens (including phenoxy) is 1. The third-order valence-electron chi connectivity index (χ3n) is 4.70. The Morgan fingerprint density at radius 1 is 1.40 bits per heavy atom. The number of fused-ring (bicyclic) bond motifs is 1. The van der Waals surface area contributed by atoms with Crippen LogP contribution in [-0.4, -0.2) is 41.3 Å². The maximum Gasteiger partial charge on any atom is 0.253 e. The van der Waals surface area contributed by atoms with Crippen LogP contribution in [0.15, 0.2) is 23.0 Å². The maximum absolute atomic E-state index is 12.6. The summed E-state index contributed by atoms with van der Waals surface area (Å²) in [6.07, 6.45) is 2.30. The third-order valence-corrected chi connectivity index (χ3v) is 5.16. The molecule has 1 fully saturated rings. The van der Waals surface area contributed by atoms with Crippen molar-refractivity contribution in [2.75, 3.05) is 20.2 Å². The molecule has 2 N–H and O–H groups in total. The van der Waals surface area contributed by atoms with Gasteiger partial charge in [-0.2, -0.15) is 0 Å². The van der Waals surface area contributed by atoms with Crippen LogP contribution in [0.3, 0.4) is 0 Å². The monoisotopic (exact) mass is 359 g/mol. The van der Waals surface area contributed by atoms with Crippen LogP contribution in [0.4, 0.5) is 0 Å². The highest BCUT2D eigenvalue weighted by Gasteiger charge is 2.21. The molecule has 0 spiro atoms. The number of hydrogen-bond donors (Lipinski definition) is 2. The summed E-state index contributed by atoms with van der Waals surface area (Å²) in [7, 11) is 1.81. The van der Waals surface area contributed by atoms with Gasteiger partial charge in [0.05, 0.1) is 12.6 Å². The molecule has 1 saturated heterocycles. The number of pyridine rings is 1. The van der Waals surface area contributed by atoms with Gasteiger partial charge in [0.15, 0.2) is 5.11 Å². The van der Waals surface area contributed by atoms with Crippen LogP contribution in [-0.2, 0) is 11.3 Å². The van der Waals surface area contributed by atoms with Gasteiger partial charge < -0.3 is 19.9 Å². The average molecular weight is 359 g/mol. The minimum Gasteiger partial charge on any atom is -0.376 e. The van der Waals surface area contributed by atoms with Crippen LogP contribution in [0.5, 0.6) is 0 Å². The first-order valence-electron chi connectivity index (χ1n) is 8.69. The Labute approximate surface area is 153 Å². The Kier molecular flexibility index (Phi) is 5.39. The molecule has 1 atom stereocenters. The Balaban J connectivity index is 1.91. The predicted octanol–water partition coefficient (Wildman–Crippen LogP) is 2.63. The number of benzene rings is 1. The highest BCUT2D eigenvalue weighted by Crippen LogP contribution is 2.20. The molecule has 2 aromatic rings. The highest BCUT2D eigenvalue weighted by atomic mass is 32.1. The Morgan fingerprint density at radius 2 is 2.20 bits per heavy atom. The Morgan fingerprint density at radius 3 is 2.88 bits per heavy atom. The van der Waals surface area contributed by atoms with E-state index >= 15 is 0 Å². The molecule has 0 bridgehead atoms. The van der Waals surface area contributed by atoms with Crippen LogP contribution < -0.4 is 10.9 Å². The zero-order valence-electron chi connectivity index (χ0n) is 15.0. The molecule has 2 heterocycles. The molecular weight excluding hydrogens is 334 g/mol. The first-order valence-corrected chi connectivity index (χ1v) is 9.10. The van der Waals surface area contributed by atoms with Gasteiger partial charge >= 0.3 is 0 Å². The normalized spacial score (nSPS) is 17.0. The number of H-pyrrole nitrogens is 1. The van der Waals surface area contributed by atoms with E-state index < -0.39 is 0 Å². The van der Waals surface area contributed by atoms with E-state index in [9.17, 15) is 4.79 Å². The van der Waals surface area contributed by atoms with E-state index in [0.717, 1.165) is 47.0 Å². The molecule has 1 aliphatic rings. The first kappa shape index (κ1) is 17.9. The number of aromatic amines is 1. The number of aromatic nitrogens is 1. The second-order valence-electron chi connectivity index (χ2n) is 6.74. The van der Waals surface area contributed by atoms with E-state index in [4.69, 9.17) is 17.0 Å². The number of thiocarbonyl (C=S) groups is 1. The molecule has 134 valence electrons. The van der Waals surface area contributed by atoms with Gasteiger partial charge in [-0.3, -0.25) is 4.79 Å². The van der Waals surface area contributed by atoms with Crippen molar-refractivity contribution < 1.29 is 4.74 Å². The maximum atomic E-state index is 12.6.